The van der Waals surface area contributed by atoms with E-state index in [1.54, 1.807) is 0 Å². The highest BCUT2D eigenvalue weighted by molar-refractivity contribution is 5.42. The molecule has 4 aromatic rings. The van der Waals surface area contributed by atoms with Crippen LogP contribution in [0.5, 0.6) is 0 Å². The summed E-state index contributed by atoms with van der Waals surface area (Å²) in [5, 5.41) is 0. The van der Waals surface area contributed by atoms with Gasteiger partial charge in [0.15, 0.2) is 0 Å². The van der Waals surface area contributed by atoms with Crippen LogP contribution in [0, 0.1) is 0 Å². The van der Waals surface area contributed by atoms with E-state index in [9.17, 15) is 0 Å². The summed E-state index contributed by atoms with van der Waals surface area (Å²) in [5.74, 6) is 0.895. The first-order valence-corrected chi connectivity index (χ1v) is 11.3. The monoisotopic (exact) mass is 420 g/mol. The van der Waals surface area contributed by atoms with E-state index >= 15 is 0 Å². The maximum absolute atomic E-state index is 5.79. The highest BCUT2D eigenvalue weighted by Crippen LogP contribution is 2.33. The summed E-state index contributed by atoms with van der Waals surface area (Å²) >= 11 is 0. The minimum absolute atomic E-state index is 0.448. The molecule has 0 amide bonds. The van der Waals surface area contributed by atoms with E-state index in [-0.39, 0.29) is 0 Å². The van der Waals surface area contributed by atoms with E-state index in [0.717, 1.165) is 24.2 Å². The first kappa shape index (κ1) is 21.7. The number of benzene rings is 4. The molecule has 0 fully saturated rings. The van der Waals surface area contributed by atoms with Gasteiger partial charge >= 0.3 is 0 Å². The summed E-state index contributed by atoms with van der Waals surface area (Å²) in [6, 6.07) is 34.4. The molecule has 0 bridgehead atoms. The van der Waals surface area contributed by atoms with Crippen LogP contribution in [-0.2, 0) is 12.8 Å². The van der Waals surface area contributed by atoms with E-state index in [1.807, 2.05) is 24.3 Å². The van der Waals surface area contributed by atoms with E-state index < -0.39 is 0 Å². The number of nitrogen functional groups attached to an aromatic ring is 2. The smallest absolute Gasteiger partial charge is 0.0314 e. The van der Waals surface area contributed by atoms with Gasteiger partial charge in [0.1, 0.15) is 0 Å². The topological polar surface area (TPSA) is 52.0 Å². The van der Waals surface area contributed by atoms with E-state index in [4.69, 9.17) is 11.5 Å². The predicted octanol–water partition coefficient (Wildman–Crippen LogP) is 6.94. The van der Waals surface area contributed by atoms with Gasteiger partial charge in [0.2, 0.25) is 0 Å². The van der Waals surface area contributed by atoms with E-state index in [1.165, 1.54) is 33.4 Å². The first-order valence-electron chi connectivity index (χ1n) is 11.3. The molecule has 2 unspecified atom stereocenters. The number of rotatable bonds is 7. The quantitative estimate of drug-likeness (QED) is 0.318. The molecule has 2 heteroatoms. The molecule has 2 nitrogen and oxygen atoms in total. The van der Waals surface area contributed by atoms with E-state index in [2.05, 4.69) is 86.6 Å². The van der Waals surface area contributed by atoms with Crippen molar-refractivity contribution in [1.29, 1.82) is 0 Å². The minimum Gasteiger partial charge on any atom is -0.399 e. The average molecular weight is 421 g/mol. The van der Waals surface area contributed by atoms with Crippen LogP contribution in [0.2, 0.25) is 0 Å². The Hall–Kier alpha value is -3.52. The maximum Gasteiger partial charge on any atom is 0.0314 e. The summed E-state index contributed by atoms with van der Waals surface area (Å²) in [5.41, 5.74) is 21.2. The Morgan fingerprint density at radius 1 is 0.438 bits per heavy atom. The van der Waals surface area contributed by atoms with Crippen molar-refractivity contribution >= 4 is 11.4 Å². The van der Waals surface area contributed by atoms with Crippen LogP contribution in [0.3, 0.4) is 0 Å². The Kier molecular flexibility index (Phi) is 6.61. The molecule has 0 aliphatic rings. The summed E-state index contributed by atoms with van der Waals surface area (Å²) in [4.78, 5) is 0. The molecule has 2 atom stereocenters. The SMILES string of the molecule is CC(c1ccc(Cc2ccc(N)cc2)cc1)C(C)c1ccc(Cc2ccc(N)cc2)cc1. The second-order valence-electron chi connectivity index (χ2n) is 8.90. The Morgan fingerprint density at radius 3 is 0.969 bits per heavy atom. The third kappa shape index (κ3) is 5.39. The number of hydrogen-bond acceptors (Lipinski definition) is 2. The van der Waals surface area contributed by atoms with Crippen LogP contribution >= 0.6 is 0 Å². The fourth-order valence-electron chi connectivity index (χ4n) is 4.20. The van der Waals surface area contributed by atoms with Crippen LogP contribution in [0.4, 0.5) is 11.4 Å². The van der Waals surface area contributed by atoms with Crippen LogP contribution < -0.4 is 11.5 Å². The lowest BCUT2D eigenvalue weighted by Crippen LogP contribution is -2.05. The van der Waals surface area contributed by atoms with Gasteiger partial charge in [0.05, 0.1) is 0 Å². The normalized spacial score (nSPS) is 12.9. The molecular weight excluding hydrogens is 388 g/mol. The van der Waals surface area contributed by atoms with Crippen molar-refractivity contribution in [2.24, 2.45) is 0 Å². The molecule has 0 aromatic heterocycles. The van der Waals surface area contributed by atoms with Crippen molar-refractivity contribution in [3.63, 3.8) is 0 Å². The van der Waals surface area contributed by atoms with Crippen molar-refractivity contribution in [1.82, 2.24) is 0 Å². The highest BCUT2D eigenvalue weighted by Gasteiger charge is 2.16. The number of anilines is 2. The van der Waals surface area contributed by atoms with Gasteiger partial charge in [0, 0.05) is 11.4 Å². The summed E-state index contributed by atoms with van der Waals surface area (Å²) in [7, 11) is 0. The molecule has 0 saturated carbocycles. The molecule has 4 rings (SSSR count). The predicted molar refractivity (Wildman–Crippen MR) is 137 cm³/mol. The molecule has 32 heavy (non-hydrogen) atoms. The van der Waals surface area contributed by atoms with Gasteiger partial charge in [-0.1, -0.05) is 86.6 Å². The fraction of sp³-hybridized carbons (Fsp3) is 0.200. The highest BCUT2D eigenvalue weighted by atomic mass is 14.5. The van der Waals surface area contributed by atoms with Crippen LogP contribution in [0.1, 0.15) is 59.1 Å². The third-order valence-corrected chi connectivity index (χ3v) is 6.54. The van der Waals surface area contributed by atoms with Crippen molar-refractivity contribution in [2.75, 3.05) is 11.5 Å². The Bertz CT molecular complexity index is 1030. The van der Waals surface area contributed by atoms with Crippen molar-refractivity contribution in [3.8, 4) is 0 Å². The second-order valence-corrected chi connectivity index (χ2v) is 8.90. The largest absolute Gasteiger partial charge is 0.399 e. The van der Waals surface area contributed by atoms with Crippen molar-refractivity contribution < 1.29 is 0 Å². The van der Waals surface area contributed by atoms with Gasteiger partial charge in [-0.05, 0) is 82.3 Å². The summed E-state index contributed by atoms with van der Waals surface area (Å²) in [6.45, 7) is 4.64. The summed E-state index contributed by atoms with van der Waals surface area (Å²) in [6.07, 6.45) is 1.86. The van der Waals surface area contributed by atoms with Gasteiger partial charge in [-0.25, -0.2) is 0 Å². The molecule has 4 aromatic carbocycles. The molecule has 0 aliphatic carbocycles. The lowest BCUT2D eigenvalue weighted by molar-refractivity contribution is 0.623. The van der Waals surface area contributed by atoms with Gasteiger partial charge < -0.3 is 11.5 Å². The molecule has 0 heterocycles. The van der Waals surface area contributed by atoms with Gasteiger partial charge in [0.25, 0.3) is 0 Å². The van der Waals surface area contributed by atoms with Gasteiger partial charge in [-0.15, -0.1) is 0 Å². The van der Waals surface area contributed by atoms with Crippen molar-refractivity contribution in [2.45, 2.75) is 38.5 Å². The molecule has 162 valence electrons. The molecule has 0 radical (unpaired) electrons. The minimum atomic E-state index is 0.448. The molecule has 0 saturated heterocycles. The third-order valence-electron chi connectivity index (χ3n) is 6.54. The second kappa shape index (κ2) is 9.74. The fourth-order valence-corrected chi connectivity index (χ4v) is 4.20. The maximum atomic E-state index is 5.79. The molecule has 0 spiro atoms. The number of hydrogen-bond donors (Lipinski definition) is 2. The Labute approximate surface area is 191 Å². The van der Waals surface area contributed by atoms with Gasteiger partial charge in [-0.3, -0.25) is 0 Å². The Balaban J connectivity index is 1.39. The zero-order valence-corrected chi connectivity index (χ0v) is 19.0. The Morgan fingerprint density at radius 2 is 0.688 bits per heavy atom. The molecule has 4 N–H and O–H groups in total. The molecular formula is C30H32N2. The van der Waals surface area contributed by atoms with Crippen LogP contribution in [0.25, 0.3) is 0 Å². The molecule has 0 aliphatic heterocycles. The summed E-state index contributed by atoms with van der Waals surface area (Å²) < 4.78 is 0. The van der Waals surface area contributed by atoms with E-state index in [0.29, 0.717) is 11.8 Å². The van der Waals surface area contributed by atoms with Crippen LogP contribution in [-0.4, -0.2) is 0 Å². The lowest BCUT2D eigenvalue weighted by atomic mass is 9.83. The zero-order valence-electron chi connectivity index (χ0n) is 19.0. The average Bonchev–Trinajstić information content (AvgIpc) is 2.82. The lowest BCUT2D eigenvalue weighted by Gasteiger charge is -2.21. The first-order chi connectivity index (χ1) is 15.5. The zero-order chi connectivity index (χ0) is 22.5. The van der Waals surface area contributed by atoms with Crippen LogP contribution in [0.15, 0.2) is 97.1 Å². The standard InChI is InChI=1S/C30H32N2/c1-21(27-11-3-23(4-12-27)19-25-7-15-29(31)16-8-25)22(2)28-13-5-24(6-14-28)20-26-9-17-30(32)18-10-26/h3-18,21-22H,19-20,31-32H2,1-2H3. The van der Waals surface area contributed by atoms with Gasteiger partial charge in [-0.2, -0.15) is 0 Å². The number of nitrogens with two attached hydrogens (primary N) is 2. The van der Waals surface area contributed by atoms with Crippen molar-refractivity contribution in [3.05, 3.63) is 130 Å².